The number of fused-ring (bicyclic) bond motifs is 1. The molecule has 3 N–H and O–H groups in total. The van der Waals surface area contributed by atoms with Crippen LogP contribution in [-0.2, 0) is 14.3 Å². The van der Waals surface area contributed by atoms with Crippen molar-refractivity contribution in [2.24, 2.45) is 5.92 Å². The summed E-state index contributed by atoms with van der Waals surface area (Å²) in [5.74, 6) is -0.915. The summed E-state index contributed by atoms with van der Waals surface area (Å²) >= 11 is 0. The predicted octanol–water partition coefficient (Wildman–Crippen LogP) is 7.18. The number of anilines is 1. The Morgan fingerprint density at radius 2 is 1.60 bits per heavy atom. The lowest BCUT2D eigenvalue weighted by Gasteiger charge is -2.36. The van der Waals surface area contributed by atoms with Gasteiger partial charge in [-0.25, -0.2) is 4.79 Å². The maximum atomic E-state index is 14.4. The number of hydrogen-bond donors (Lipinski definition) is 3. The molecule has 0 saturated carbocycles. The van der Waals surface area contributed by atoms with Crippen LogP contribution < -0.4 is 10.6 Å². The highest BCUT2D eigenvalue weighted by molar-refractivity contribution is 6.00. The summed E-state index contributed by atoms with van der Waals surface area (Å²) in [6.07, 6.45) is 2.42. The molecule has 0 aliphatic heterocycles. The standard InChI is InChI=1S/C34H45N3O5/c1-7-9-12-21-37(32(40)29(23(3)8-2)36-33(41)42-34(4,5)6)30(25-16-19-28(38)20-17-25)31(39)35-27-18-15-24-13-10-11-14-26(24)22-27/h10-11,13-20,22-23,29-30,38H,7-9,12,21H2,1-6H3,(H,35,39)(H,36,41). The minimum absolute atomic E-state index is 0.0559. The Kier molecular flexibility index (Phi) is 11.4. The number of benzene rings is 3. The molecule has 42 heavy (non-hydrogen) atoms. The number of ether oxygens (including phenoxy) is 1. The van der Waals surface area contributed by atoms with E-state index in [9.17, 15) is 19.5 Å². The molecule has 3 amide bonds. The molecule has 0 radical (unpaired) electrons. The van der Waals surface area contributed by atoms with E-state index < -0.39 is 23.8 Å². The molecule has 3 atom stereocenters. The van der Waals surface area contributed by atoms with Gasteiger partial charge in [0, 0.05) is 12.2 Å². The smallest absolute Gasteiger partial charge is 0.408 e. The van der Waals surface area contributed by atoms with Crippen LogP contribution in [0.1, 0.15) is 78.8 Å². The topological polar surface area (TPSA) is 108 Å². The van der Waals surface area contributed by atoms with E-state index in [1.807, 2.05) is 56.3 Å². The summed E-state index contributed by atoms with van der Waals surface area (Å²) in [5.41, 5.74) is 0.423. The van der Waals surface area contributed by atoms with Gasteiger partial charge in [0.1, 0.15) is 23.4 Å². The highest BCUT2D eigenvalue weighted by atomic mass is 16.6. The van der Waals surface area contributed by atoms with Gasteiger partial charge < -0.3 is 25.4 Å². The van der Waals surface area contributed by atoms with E-state index in [-0.39, 0.29) is 23.5 Å². The van der Waals surface area contributed by atoms with Crippen molar-refractivity contribution in [3.63, 3.8) is 0 Å². The Morgan fingerprint density at radius 3 is 2.21 bits per heavy atom. The summed E-state index contributed by atoms with van der Waals surface area (Å²) < 4.78 is 5.48. The molecule has 0 aromatic heterocycles. The van der Waals surface area contributed by atoms with Crippen LogP contribution in [-0.4, -0.2) is 46.1 Å². The largest absolute Gasteiger partial charge is 0.508 e. The van der Waals surface area contributed by atoms with E-state index >= 15 is 0 Å². The number of phenols is 1. The number of rotatable bonds is 12. The van der Waals surface area contributed by atoms with Crippen LogP contribution in [0.25, 0.3) is 10.8 Å². The first-order valence-corrected chi connectivity index (χ1v) is 14.8. The first-order valence-electron chi connectivity index (χ1n) is 14.8. The van der Waals surface area contributed by atoms with Crippen LogP contribution in [0.2, 0.25) is 0 Å². The molecule has 8 heteroatoms. The number of amides is 3. The number of alkyl carbamates (subject to hydrolysis) is 1. The first-order chi connectivity index (χ1) is 19.9. The van der Waals surface area contributed by atoms with E-state index in [0.29, 0.717) is 30.6 Å². The zero-order chi connectivity index (χ0) is 30.9. The molecule has 3 unspecified atom stereocenters. The molecule has 0 bridgehead atoms. The molecule has 0 spiro atoms. The maximum absolute atomic E-state index is 14.4. The summed E-state index contributed by atoms with van der Waals surface area (Å²) in [4.78, 5) is 42.9. The lowest BCUT2D eigenvalue weighted by atomic mass is 9.95. The van der Waals surface area contributed by atoms with Gasteiger partial charge in [-0.3, -0.25) is 9.59 Å². The van der Waals surface area contributed by atoms with Gasteiger partial charge in [0.2, 0.25) is 5.91 Å². The SMILES string of the molecule is CCCCCN(C(=O)C(NC(=O)OC(C)(C)C)C(C)CC)C(C(=O)Nc1ccc2ccccc2c1)c1ccc(O)cc1. The van der Waals surface area contributed by atoms with Crippen molar-refractivity contribution in [3.8, 4) is 5.75 Å². The number of carbonyl (C=O) groups is 3. The zero-order valence-corrected chi connectivity index (χ0v) is 25.6. The molecule has 0 saturated heterocycles. The molecule has 0 fully saturated rings. The van der Waals surface area contributed by atoms with E-state index in [2.05, 4.69) is 17.6 Å². The fraction of sp³-hybridized carbons (Fsp3) is 0.441. The average molecular weight is 576 g/mol. The Balaban J connectivity index is 2.03. The summed E-state index contributed by atoms with van der Waals surface area (Å²) in [5, 5.41) is 17.8. The van der Waals surface area contributed by atoms with Gasteiger partial charge in [0.25, 0.3) is 5.91 Å². The molecule has 0 aliphatic carbocycles. The number of unbranched alkanes of at least 4 members (excludes halogenated alkanes) is 2. The summed E-state index contributed by atoms with van der Waals surface area (Å²) in [7, 11) is 0. The molecule has 0 heterocycles. The van der Waals surface area contributed by atoms with E-state index in [0.717, 1.165) is 23.6 Å². The Labute approximate surface area is 249 Å². The zero-order valence-electron chi connectivity index (χ0n) is 25.6. The van der Waals surface area contributed by atoms with Crippen LogP contribution in [0, 0.1) is 5.92 Å². The second-order valence-corrected chi connectivity index (χ2v) is 11.8. The number of aromatic hydroxyl groups is 1. The highest BCUT2D eigenvalue weighted by Crippen LogP contribution is 2.29. The number of carbonyl (C=O) groups excluding carboxylic acids is 3. The molecule has 3 rings (SSSR count). The van der Waals surface area contributed by atoms with E-state index in [1.165, 1.54) is 12.1 Å². The Bertz CT molecular complexity index is 1350. The third kappa shape index (κ3) is 8.96. The molecular formula is C34H45N3O5. The normalized spacial score (nSPS) is 13.6. The lowest BCUT2D eigenvalue weighted by molar-refractivity contribution is -0.142. The third-order valence-corrected chi connectivity index (χ3v) is 7.22. The average Bonchev–Trinajstić information content (AvgIpc) is 2.94. The lowest BCUT2D eigenvalue weighted by Crippen LogP contribution is -2.55. The summed E-state index contributed by atoms with van der Waals surface area (Å²) in [6.45, 7) is 11.5. The molecule has 3 aromatic rings. The summed E-state index contributed by atoms with van der Waals surface area (Å²) in [6, 6.07) is 18.0. The van der Waals surface area contributed by atoms with Crippen molar-refractivity contribution >= 4 is 34.4 Å². The fourth-order valence-corrected chi connectivity index (χ4v) is 4.80. The number of phenolic OH excluding ortho intramolecular Hbond substituents is 1. The quantitative estimate of drug-likeness (QED) is 0.198. The van der Waals surface area contributed by atoms with Gasteiger partial charge in [-0.1, -0.05) is 82.5 Å². The predicted molar refractivity (Wildman–Crippen MR) is 167 cm³/mol. The number of nitrogens with zero attached hydrogens (tertiary/aromatic N) is 1. The van der Waals surface area contributed by atoms with Gasteiger partial charge in [0.05, 0.1) is 0 Å². The van der Waals surface area contributed by atoms with Crippen molar-refractivity contribution in [2.75, 3.05) is 11.9 Å². The second-order valence-electron chi connectivity index (χ2n) is 11.8. The van der Waals surface area contributed by atoms with Crippen LogP contribution in [0.3, 0.4) is 0 Å². The molecule has 226 valence electrons. The fourth-order valence-electron chi connectivity index (χ4n) is 4.80. The molecule has 3 aromatic carbocycles. The highest BCUT2D eigenvalue weighted by Gasteiger charge is 2.38. The van der Waals surface area contributed by atoms with E-state index in [4.69, 9.17) is 4.74 Å². The van der Waals surface area contributed by atoms with Gasteiger partial charge >= 0.3 is 6.09 Å². The van der Waals surface area contributed by atoms with Crippen molar-refractivity contribution in [2.45, 2.75) is 84.9 Å². The van der Waals surface area contributed by atoms with E-state index in [1.54, 1.807) is 37.8 Å². The monoisotopic (exact) mass is 575 g/mol. The first kappa shape index (κ1) is 32.4. The number of nitrogens with one attached hydrogen (secondary N) is 2. The van der Waals surface area contributed by atoms with Crippen molar-refractivity contribution in [1.29, 1.82) is 0 Å². The van der Waals surface area contributed by atoms with Gasteiger partial charge in [-0.2, -0.15) is 0 Å². The van der Waals surface area contributed by atoms with Crippen molar-refractivity contribution in [3.05, 3.63) is 72.3 Å². The van der Waals surface area contributed by atoms with Gasteiger partial charge in [-0.05, 0) is 73.7 Å². The Morgan fingerprint density at radius 1 is 0.929 bits per heavy atom. The minimum Gasteiger partial charge on any atom is -0.508 e. The molecule has 8 nitrogen and oxygen atoms in total. The van der Waals surface area contributed by atoms with Crippen LogP contribution >= 0.6 is 0 Å². The second kappa shape index (κ2) is 14.7. The van der Waals surface area contributed by atoms with Crippen LogP contribution in [0.5, 0.6) is 5.75 Å². The van der Waals surface area contributed by atoms with Gasteiger partial charge in [0.15, 0.2) is 0 Å². The molecule has 0 aliphatic rings. The maximum Gasteiger partial charge on any atom is 0.408 e. The van der Waals surface area contributed by atoms with Crippen molar-refractivity contribution in [1.82, 2.24) is 10.2 Å². The van der Waals surface area contributed by atoms with Crippen molar-refractivity contribution < 1.29 is 24.2 Å². The Hall–Kier alpha value is -4.07. The number of hydrogen-bond acceptors (Lipinski definition) is 5. The van der Waals surface area contributed by atoms with Crippen LogP contribution in [0.4, 0.5) is 10.5 Å². The van der Waals surface area contributed by atoms with Crippen LogP contribution in [0.15, 0.2) is 66.7 Å². The van der Waals surface area contributed by atoms with Gasteiger partial charge in [-0.15, -0.1) is 0 Å². The molecular weight excluding hydrogens is 530 g/mol. The third-order valence-electron chi connectivity index (χ3n) is 7.22. The minimum atomic E-state index is -1.01.